The molecule has 0 radical (unpaired) electrons. The predicted octanol–water partition coefficient (Wildman–Crippen LogP) is 5.40. The third-order valence-corrected chi connectivity index (χ3v) is 8.65. The van der Waals surface area contributed by atoms with E-state index < -0.39 is 34.4 Å². The van der Waals surface area contributed by atoms with Gasteiger partial charge in [-0.05, 0) is 56.3 Å². The van der Waals surface area contributed by atoms with Crippen molar-refractivity contribution in [3.05, 3.63) is 87.4 Å². The summed E-state index contributed by atoms with van der Waals surface area (Å²) in [5.74, 6) is -0.915. The quantitative estimate of drug-likeness (QED) is 0.313. The molecule has 8 nitrogen and oxygen atoms in total. The number of ether oxygens (including phenoxy) is 1. The molecule has 0 saturated heterocycles. The summed E-state index contributed by atoms with van der Waals surface area (Å²) in [6, 6.07) is 16.0. The Balaban J connectivity index is 2.13. The van der Waals surface area contributed by atoms with Crippen LogP contribution in [0.3, 0.4) is 0 Å². The van der Waals surface area contributed by atoms with Crippen LogP contribution in [-0.2, 0) is 26.2 Å². The molecule has 39 heavy (non-hydrogen) atoms. The monoisotopic (exact) mass is 611 g/mol. The minimum Gasteiger partial charge on any atom is -0.495 e. The van der Waals surface area contributed by atoms with Crippen LogP contribution in [0.4, 0.5) is 5.69 Å². The van der Waals surface area contributed by atoms with E-state index in [1.54, 1.807) is 56.3 Å². The van der Waals surface area contributed by atoms with Gasteiger partial charge in [0, 0.05) is 33.7 Å². The maximum absolute atomic E-state index is 13.9. The van der Waals surface area contributed by atoms with Crippen LogP contribution >= 0.6 is 34.8 Å². The molecule has 0 fully saturated rings. The Morgan fingerprint density at radius 3 is 2.21 bits per heavy atom. The average Bonchev–Trinajstić information content (AvgIpc) is 2.91. The molecule has 3 aromatic carbocycles. The van der Waals surface area contributed by atoms with Crippen LogP contribution in [0.1, 0.15) is 19.4 Å². The number of carbonyl (C=O) groups excluding carboxylic acids is 2. The fourth-order valence-electron chi connectivity index (χ4n) is 3.85. The number of amides is 2. The van der Waals surface area contributed by atoms with Gasteiger partial charge in [0.25, 0.3) is 10.0 Å². The van der Waals surface area contributed by atoms with Gasteiger partial charge in [-0.1, -0.05) is 59.1 Å². The molecule has 0 aliphatic rings. The summed E-state index contributed by atoms with van der Waals surface area (Å²) in [5, 5.41) is 3.53. The van der Waals surface area contributed by atoms with Gasteiger partial charge in [0.15, 0.2) is 0 Å². The zero-order valence-electron chi connectivity index (χ0n) is 21.5. The molecule has 2 amide bonds. The van der Waals surface area contributed by atoms with Crippen LogP contribution in [0.2, 0.25) is 15.1 Å². The van der Waals surface area contributed by atoms with Crippen molar-refractivity contribution in [1.82, 2.24) is 10.2 Å². The summed E-state index contributed by atoms with van der Waals surface area (Å²) in [6.45, 7) is 2.83. The van der Waals surface area contributed by atoms with Crippen LogP contribution in [0.5, 0.6) is 5.75 Å². The van der Waals surface area contributed by atoms with Crippen molar-refractivity contribution in [1.29, 1.82) is 0 Å². The van der Waals surface area contributed by atoms with E-state index in [1.165, 1.54) is 36.3 Å². The van der Waals surface area contributed by atoms with E-state index in [2.05, 4.69) is 5.32 Å². The highest BCUT2D eigenvalue weighted by Crippen LogP contribution is 2.35. The van der Waals surface area contributed by atoms with E-state index in [9.17, 15) is 18.0 Å². The first-order valence-corrected chi connectivity index (χ1v) is 14.5. The van der Waals surface area contributed by atoms with Crippen molar-refractivity contribution in [2.24, 2.45) is 0 Å². The van der Waals surface area contributed by atoms with E-state index in [0.29, 0.717) is 22.2 Å². The van der Waals surface area contributed by atoms with Crippen molar-refractivity contribution in [3.8, 4) is 5.75 Å². The molecule has 3 rings (SSSR count). The summed E-state index contributed by atoms with van der Waals surface area (Å²) >= 11 is 19.0. The second kappa shape index (κ2) is 13.4. The van der Waals surface area contributed by atoms with Crippen LogP contribution in [0, 0.1) is 0 Å². The molecule has 0 heterocycles. The SMILES string of the molecule is CCNC(=O)C(C)N(Cc1c(Cl)cccc1Cl)C(=O)CN(c1cc(Cl)ccc1OC)S(=O)(=O)c1ccccc1. The number of nitrogens with one attached hydrogen (secondary N) is 1. The minimum absolute atomic E-state index is 0.0442. The molecule has 0 bridgehead atoms. The largest absolute Gasteiger partial charge is 0.495 e. The highest BCUT2D eigenvalue weighted by Gasteiger charge is 2.34. The lowest BCUT2D eigenvalue weighted by atomic mass is 10.1. The van der Waals surface area contributed by atoms with E-state index in [4.69, 9.17) is 39.5 Å². The lowest BCUT2D eigenvalue weighted by Crippen LogP contribution is -2.51. The molecule has 12 heteroatoms. The third-order valence-electron chi connectivity index (χ3n) is 5.93. The molecule has 0 aromatic heterocycles. The Morgan fingerprint density at radius 1 is 0.974 bits per heavy atom. The Labute approximate surface area is 243 Å². The van der Waals surface area contributed by atoms with Gasteiger partial charge in [0.2, 0.25) is 11.8 Å². The molecule has 0 aliphatic carbocycles. The fraction of sp³-hybridized carbons (Fsp3) is 0.259. The lowest BCUT2D eigenvalue weighted by Gasteiger charge is -2.32. The molecule has 1 N–H and O–H groups in total. The van der Waals surface area contributed by atoms with Crippen LogP contribution < -0.4 is 14.4 Å². The summed E-state index contributed by atoms with van der Waals surface area (Å²) in [5.41, 5.74) is 0.478. The number of hydrogen-bond acceptors (Lipinski definition) is 5. The van der Waals surface area contributed by atoms with Crippen molar-refractivity contribution in [2.45, 2.75) is 31.3 Å². The standard InChI is InChI=1S/C27H28Cl3N3O5S/c1-4-31-27(35)18(2)32(16-21-22(29)11-8-12-23(21)30)26(34)17-33(24-15-19(28)13-14-25(24)38-3)39(36,37)20-9-6-5-7-10-20/h5-15,18H,4,16-17H2,1-3H3,(H,31,35). The van der Waals surface area contributed by atoms with Gasteiger partial charge in [-0.3, -0.25) is 13.9 Å². The van der Waals surface area contributed by atoms with E-state index in [0.717, 1.165) is 4.31 Å². The minimum atomic E-state index is -4.28. The molecular weight excluding hydrogens is 585 g/mol. The van der Waals surface area contributed by atoms with E-state index >= 15 is 0 Å². The number of methoxy groups -OCH3 is 1. The highest BCUT2D eigenvalue weighted by molar-refractivity contribution is 7.92. The highest BCUT2D eigenvalue weighted by atomic mass is 35.5. The van der Waals surface area contributed by atoms with Crippen molar-refractivity contribution >= 4 is 62.3 Å². The second-order valence-corrected chi connectivity index (χ2v) is 11.5. The number of hydrogen-bond donors (Lipinski definition) is 1. The Morgan fingerprint density at radius 2 is 1.62 bits per heavy atom. The number of anilines is 1. The van der Waals surface area contributed by atoms with E-state index in [1.807, 2.05) is 0 Å². The molecular formula is C27H28Cl3N3O5S. The summed E-state index contributed by atoms with van der Waals surface area (Å²) in [4.78, 5) is 28.0. The molecule has 0 saturated carbocycles. The number of halogens is 3. The Bertz CT molecular complexity index is 1420. The Kier molecular flexibility index (Phi) is 10.5. The van der Waals surface area contributed by atoms with Gasteiger partial charge in [0.1, 0.15) is 18.3 Å². The number of sulfonamides is 1. The summed E-state index contributed by atoms with van der Waals surface area (Å²) < 4.78 is 34.1. The molecule has 208 valence electrons. The number of likely N-dealkylation sites (N-methyl/N-ethyl adjacent to an activating group) is 1. The third kappa shape index (κ3) is 7.16. The lowest BCUT2D eigenvalue weighted by molar-refractivity contribution is -0.139. The topological polar surface area (TPSA) is 96.0 Å². The molecule has 3 aromatic rings. The average molecular weight is 613 g/mol. The zero-order chi connectivity index (χ0) is 28.7. The summed E-state index contributed by atoms with van der Waals surface area (Å²) in [6.07, 6.45) is 0. The van der Waals surface area contributed by atoms with Crippen molar-refractivity contribution < 1.29 is 22.7 Å². The molecule has 0 spiro atoms. The maximum Gasteiger partial charge on any atom is 0.264 e. The van der Waals surface area contributed by atoms with Crippen LogP contribution in [0.15, 0.2) is 71.6 Å². The predicted molar refractivity (Wildman–Crippen MR) is 154 cm³/mol. The molecule has 1 unspecified atom stereocenters. The van der Waals surface area contributed by atoms with Gasteiger partial charge >= 0.3 is 0 Å². The normalized spacial score (nSPS) is 11.9. The van der Waals surface area contributed by atoms with Gasteiger partial charge in [-0.15, -0.1) is 0 Å². The first kappa shape index (κ1) is 30.6. The molecule has 0 aliphatic heterocycles. The number of rotatable bonds is 11. The first-order valence-electron chi connectivity index (χ1n) is 11.9. The summed E-state index contributed by atoms with van der Waals surface area (Å²) in [7, 11) is -2.90. The van der Waals surface area contributed by atoms with E-state index in [-0.39, 0.29) is 27.9 Å². The van der Waals surface area contributed by atoms with Gasteiger partial charge in [-0.25, -0.2) is 8.42 Å². The van der Waals surface area contributed by atoms with Crippen molar-refractivity contribution in [3.63, 3.8) is 0 Å². The number of carbonyl (C=O) groups is 2. The number of benzene rings is 3. The van der Waals surface area contributed by atoms with Crippen LogP contribution in [0.25, 0.3) is 0 Å². The van der Waals surface area contributed by atoms with Gasteiger partial charge < -0.3 is 15.0 Å². The number of nitrogens with zero attached hydrogens (tertiary/aromatic N) is 2. The Hall–Kier alpha value is -2.98. The molecule has 1 atom stereocenters. The van der Waals surface area contributed by atoms with Crippen molar-refractivity contribution in [2.75, 3.05) is 24.5 Å². The van der Waals surface area contributed by atoms with Gasteiger partial charge in [-0.2, -0.15) is 0 Å². The second-order valence-electron chi connectivity index (χ2n) is 8.43. The smallest absolute Gasteiger partial charge is 0.264 e. The maximum atomic E-state index is 13.9. The fourth-order valence-corrected chi connectivity index (χ4v) is 5.97. The van der Waals surface area contributed by atoms with Gasteiger partial charge in [0.05, 0.1) is 17.7 Å². The zero-order valence-corrected chi connectivity index (χ0v) is 24.6. The van der Waals surface area contributed by atoms with Crippen LogP contribution in [-0.4, -0.2) is 51.4 Å². The first-order chi connectivity index (χ1) is 18.5.